The van der Waals surface area contributed by atoms with Gasteiger partial charge in [0.25, 0.3) is 0 Å². The molecule has 0 rings (SSSR count). The van der Waals surface area contributed by atoms with Crippen molar-refractivity contribution in [3.63, 3.8) is 0 Å². The van der Waals surface area contributed by atoms with E-state index in [2.05, 4.69) is 20.8 Å². The van der Waals surface area contributed by atoms with Crippen LogP contribution in [0, 0.1) is 0 Å². The van der Waals surface area contributed by atoms with Crippen molar-refractivity contribution in [2.24, 2.45) is 0 Å². The number of carbonyl (C=O) groups is 2. The summed E-state index contributed by atoms with van der Waals surface area (Å²) in [5.74, 6) is -0.592. The van der Waals surface area contributed by atoms with Crippen molar-refractivity contribution in [2.45, 2.75) is 104 Å². The summed E-state index contributed by atoms with van der Waals surface area (Å²) in [7, 11) is 0. The quantitative estimate of drug-likeness (QED) is 0.362. The van der Waals surface area contributed by atoms with Crippen LogP contribution in [0.15, 0.2) is 0 Å². The Labute approximate surface area is 135 Å². The normalized spacial score (nSPS) is 12.2. The average molecular weight is 314 g/mol. The number of carbonyl (C=O) groups excluding carboxylic acids is 2. The van der Waals surface area contributed by atoms with Gasteiger partial charge in [-0.1, -0.05) is 46.5 Å². The van der Waals surface area contributed by atoms with E-state index in [0.717, 1.165) is 51.4 Å². The fourth-order valence-electron chi connectivity index (χ4n) is 2.38. The molecule has 0 N–H and O–H groups in total. The van der Waals surface area contributed by atoms with Crippen LogP contribution in [0.25, 0.3) is 0 Å². The van der Waals surface area contributed by atoms with Gasteiger partial charge in [0.05, 0.1) is 18.9 Å². The highest BCUT2D eigenvalue weighted by atomic mass is 16.5. The molecule has 0 aromatic carbocycles. The molecule has 0 bridgehead atoms. The van der Waals surface area contributed by atoms with Gasteiger partial charge >= 0.3 is 11.9 Å². The molecule has 0 spiro atoms. The predicted octanol–water partition coefficient (Wildman–Crippen LogP) is 4.79. The van der Waals surface area contributed by atoms with E-state index in [9.17, 15) is 9.59 Å². The summed E-state index contributed by atoms with van der Waals surface area (Å²) in [5.41, 5.74) is 0. The molecule has 0 aromatic heterocycles. The van der Waals surface area contributed by atoms with E-state index in [-0.39, 0.29) is 37.0 Å². The van der Waals surface area contributed by atoms with Gasteiger partial charge in [-0.05, 0) is 32.6 Å². The number of unbranched alkanes of at least 4 members (excludes halogenated alkanes) is 2. The van der Waals surface area contributed by atoms with Crippen LogP contribution in [0.2, 0.25) is 0 Å². The summed E-state index contributed by atoms with van der Waals surface area (Å²) in [6.45, 7) is 8.21. The van der Waals surface area contributed by atoms with E-state index in [1.807, 2.05) is 6.92 Å². The lowest BCUT2D eigenvalue weighted by atomic mass is 10.1. The van der Waals surface area contributed by atoms with Crippen molar-refractivity contribution in [1.82, 2.24) is 0 Å². The summed E-state index contributed by atoms with van der Waals surface area (Å²) in [6, 6.07) is 0. The maximum absolute atomic E-state index is 11.8. The van der Waals surface area contributed by atoms with Crippen LogP contribution in [0.1, 0.15) is 91.9 Å². The van der Waals surface area contributed by atoms with Crippen LogP contribution in [-0.2, 0) is 19.1 Å². The molecule has 0 aliphatic rings. The van der Waals surface area contributed by atoms with Gasteiger partial charge in [0.1, 0.15) is 6.10 Å². The van der Waals surface area contributed by atoms with Crippen molar-refractivity contribution >= 4 is 11.9 Å². The fourth-order valence-corrected chi connectivity index (χ4v) is 2.38. The zero-order chi connectivity index (χ0) is 16.8. The predicted molar refractivity (Wildman–Crippen MR) is 88.6 cm³/mol. The Balaban J connectivity index is 3.90. The van der Waals surface area contributed by atoms with Gasteiger partial charge in [-0.2, -0.15) is 0 Å². The standard InChI is InChI=1S/C18H34O4/c1-5-8-9-12-15(4)21-17(19)13-14-18(20)22-16(10-6-2)11-7-3/h15-16H,5-14H2,1-4H3. The Morgan fingerprint density at radius 1 is 0.773 bits per heavy atom. The zero-order valence-electron chi connectivity index (χ0n) is 14.9. The lowest BCUT2D eigenvalue weighted by Crippen LogP contribution is -2.20. The van der Waals surface area contributed by atoms with Crippen LogP contribution < -0.4 is 0 Å². The molecule has 130 valence electrons. The molecular formula is C18H34O4. The second kappa shape index (κ2) is 13.6. The van der Waals surface area contributed by atoms with Gasteiger partial charge < -0.3 is 9.47 Å². The molecule has 0 aliphatic heterocycles. The third-order valence-electron chi connectivity index (χ3n) is 3.60. The minimum absolute atomic E-state index is 0.00788. The minimum atomic E-state index is -0.302. The molecule has 4 nitrogen and oxygen atoms in total. The van der Waals surface area contributed by atoms with E-state index >= 15 is 0 Å². The Bertz CT molecular complexity index is 295. The Morgan fingerprint density at radius 3 is 1.82 bits per heavy atom. The molecule has 0 radical (unpaired) electrons. The Kier molecular flexibility index (Phi) is 12.9. The molecule has 0 aromatic rings. The summed E-state index contributed by atoms with van der Waals surface area (Å²) in [6.07, 6.45) is 8.19. The largest absolute Gasteiger partial charge is 0.463 e. The number of hydrogen-bond donors (Lipinski definition) is 0. The number of esters is 2. The van der Waals surface area contributed by atoms with E-state index in [1.54, 1.807) is 0 Å². The highest BCUT2D eigenvalue weighted by molar-refractivity contribution is 5.77. The lowest BCUT2D eigenvalue weighted by molar-refractivity contribution is -0.156. The molecule has 0 heterocycles. The molecule has 0 amide bonds. The second-order valence-corrected chi connectivity index (χ2v) is 5.99. The van der Waals surface area contributed by atoms with Gasteiger partial charge in [0.15, 0.2) is 0 Å². The van der Waals surface area contributed by atoms with Gasteiger partial charge in [0.2, 0.25) is 0 Å². The highest BCUT2D eigenvalue weighted by Crippen LogP contribution is 2.12. The first-order chi connectivity index (χ1) is 10.5. The minimum Gasteiger partial charge on any atom is -0.463 e. The molecule has 1 atom stereocenters. The first-order valence-electron chi connectivity index (χ1n) is 8.92. The summed E-state index contributed by atoms with van der Waals surface area (Å²) in [5, 5.41) is 0. The molecule has 0 aliphatic carbocycles. The van der Waals surface area contributed by atoms with Gasteiger partial charge in [-0.3, -0.25) is 9.59 Å². The lowest BCUT2D eigenvalue weighted by Gasteiger charge is -2.17. The van der Waals surface area contributed by atoms with Crippen LogP contribution in [0.3, 0.4) is 0 Å². The smallest absolute Gasteiger partial charge is 0.306 e. The molecule has 22 heavy (non-hydrogen) atoms. The van der Waals surface area contributed by atoms with Crippen molar-refractivity contribution in [2.75, 3.05) is 0 Å². The first-order valence-corrected chi connectivity index (χ1v) is 8.92. The Morgan fingerprint density at radius 2 is 1.32 bits per heavy atom. The monoisotopic (exact) mass is 314 g/mol. The van der Waals surface area contributed by atoms with Crippen molar-refractivity contribution < 1.29 is 19.1 Å². The first kappa shape index (κ1) is 20.9. The molecule has 0 fully saturated rings. The van der Waals surface area contributed by atoms with Gasteiger partial charge in [-0.25, -0.2) is 0 Å². The van der Waals surface area contributed by atoms with Crippen LogP contribution in [0.5, 0.6) is 0 Å². The van der Waals surface area contributed by atoms with E-state index in [1.165, 1.54) is 0 Å². The maximum atomic E-state index is 11.8. The molecule has 0 saturated heterocycles. The van der Waals surface area contributed by atoms with Gasteiger partial charge in [-0.15, -0.1) is 0 Å². The van der Waals surface area contributed by atoms with Crippen molar-refractivity contribution in [3.05, 3.63) is 0 Å². The molecule has 0 saturated carbocycles. The van der Waals surface area contributed by atoms with Gasteiger partial charge in [0, 0.05) is 0 Å². The fraction of sp³-hybridized carbons (Fsp3) is 0.889. The third-order valence-corrected chi connectivity index (χ3v) is 3.60. The summed E-state index contributed by atoms with van der Waals surface area (Å²) >= 11 is 0. The number of ether oxygens (including phenoxy) is 2. The van der Waals surface area contributed by atoms with E-state index in [0.29, 0.717) is 0 Å². The topological polar surface area (TPSA) is 52.6 Å². The Hall–Kier alpha value is -1.06. The van der Waals surface area contributed by atoms with Crippen molar-refractivity contribution in [3.8, 4) is 0 Å². The molecule has 4 heteroatoms. The number of hydrogen-bond acceptors (Lipinski definition) is 4. The van der Waals surface area contributed by atoms with E-state index < -0.39 is 0 Å². The van der Waals surface area contributed by atoms with E-state index in [4.69, 9.17) is 9.47 Å². The maximum Gasteiger partial charge on any atom is 0.306 e. The van der Waals surface area contributed by atoms with Crippen LogP contribution in [-0.4, -0.2) is 24.1 Å². The van der Waals surface area contributed by atoms with Crippen LogP contribution >= 0.6 is 0 Å². The van der Waals surface area contributed by atoms with Crippen molar-refractivity contribution in [1.29, 1.82) is 0 Å². The number of rotatable bonds is 13. The van der Waals surface area contributed by atoms with Crippen LogP contribution in [0.4, 0.5) is 0 Å². The molecular weight excluding hydrogens is 280 g/mol. The third kappa shape index (κ3) is 11.6. The zero-order valence-corrected chi connectivity index (χ0v) is 14.9. The highest BCUT2D eigenvalue weighted by Gasteiger charge is 2.16. The second-order valence-electron chi connectivity index (χ2n) is 5.99. The SMILES string of the molecule is CCCCCC(C)OC(=O)CCC(=O)OC(CCC)CCC. The average Bonchev–Trinajstić information content (AvgIpc) is 2.46. The summed E-state index contributed by atoms with van der Waals surface area (Å²) < 4.78 is 10.7. The molecule has 1 unspecified atom stereocenters. The summed E-state index contributed by atoms with van der Waals surface area (Å²) in [4.78, 5) is 23.5.